The highest BCUT2D eigenvalue weighted by Gasteiger charge is 2.29. The summed E-state index contributed by atoms with van der Waals surface area (Å²) in [6, 6.07) is 19.8. The fourth-order valence-corrected chi connectivity index (χ4v) is 4.90. The number of hydrogen-bond acceptors (Lipinski definition) is 4. The monoisotopic (exact) mass is 492 g/mol. The molecule has 0 fully saturated rings. The summed E-state index contributed by atoms with van der Waals surface area (Å²) in [5.41, 5.74) is 0.944. The molecule has 168 valence electrons. The summed E-state index contributed by atoms with van der Waals surface area (Å²) in [4.78, 5) is 12.8. The Labute approximate surface area is 197 Å². The average molecular weight is 493 g/mol. The summed E-state index contributed by atoms with van der Waals surface area (Å²) in [5, 5.41) is 2.98. The standard InChI is InChI=1S/C23H22Cl2N2O4S/c1-2-31-18-9-6-8-17(14-18)15-26-22(28)16-27(21-13-7-12-20(24)23(21)25)32(29,30)19-10-4-3-5-11-19/h3-14H,2,15-16H2,1H3,(H,26,28). The molecule has 1 N–H and O–H groups in total. The number of halogens is 2. The van der Waals surface area contributed by atoms with E-state index in [1.54, 1.807) is 30.3 Å². The van der Waals surface area contributed by atoms with E-state index in [0.717, 1.165) is 9.87 Å². The van der Waals surface area contributed by atoms with E-state index < -0.39 is 22.5 Å². The van der Waals surface area contributed by atoms with E-state index in [1.807, 2.05) is 31.2 Å². The van der Waals surface area contributed by atoms with Crippen LogP contribution in [0, 0.1) is 0 Å². The van der Waals surface area contributed by atoms with Gasteiger partial charge in [0.05, 0.1) is 27.2 Å². The number of sulfonamides is 1. The molecule has 0 saturated carbocycles. The predicted molar refractivity (Wildman–Crippen MR) is 127 cm³/mol. The number of carbonyl (C=O) groups excluding carboxylic acids is 1. The highest BCUT2D eigenvalue weighted by molar-refractivity contribution is 7.92. The van der Waals surface area contributed by atoms with Gasteiger partial charge in [-0.25, -0.2) is 8.42 Å². The largest absolute Gasteiger partial charge is 0.494 e. The number of benzene rings is 3. The van der Waals surface area contributed by atoms with E-state index >= 15 is 0 Å². The minimum absolute atomic E-state index is 0.0354. The van der Waals surface area contributed by atoms with Gasteiger partial charge in [-0.3, -0.25) is 9.10 Å². The topological polar surface area (TPSA) is 75.7 Å². The van der Waals surface area contributed by atoms with Gasteiger partial charge in [-0.15, -0.1) is 0 Å². The number of nitrogens with zero attached hydrogens (tertiary/aromatic N) is 1. The van der Waals surface area contributed by atoms with Gasteiger partial charge >= 0.3 is 0 Å². The molecule has 3 aromatic rings. The van der Waals surface area contributed by atoms with Crippen LogP contribution in [0.4, 0.5) is 5.69 Å². The molecule has 0 aliphatic carbocycles. The molecule has 3 aromatic carbocycles. The van der Waals surface area contributed by atoms with Crippen molar-refractivity contribution < 1.29 is 17.9 Å². The smallest absolute Gasteiger partial charge is 0.264 e. The predicted octanol–water partition coefficient (Wildman–Crippen LogP) is 4.90. The zero-order valence-corrected chi connectivity index (χ0v) is 19.6. The molecule has 0 heterocycles. The SMILES string of the molecule is CCOc1cccc(CNC(=O)CN(c2cccc(Cl)c2Cl)S(=O)(=O)c2ccccc2)c1. The van der Waals surface area contributed by atoms with Crippen LogP contribution in [-0.4, -0.2) is 27.5 Å². The number of rotatable bonds is 9. The Bertz CT molecular complexity index is 1190. The fraction of sp³-hybridized carbons (Fsp3) is 0.174. The van der Waals surface area contributed by atoms with Crippen molar-refractivity contribution >= 4 is 44.8 Å². The Morgan fingerprint density at radius 1 is 1.00 bits per heavy atom. The van der Waals surface area contributed by atoms with Crippen molar-refractivity contribution in [3.63, 3.8) is 0 Å². The molecule has 0 aliphatic heterocycles. The van der Waals surface area contributed by atoms with Gasteiger partial charge in [0.1, 0.15) is 12.3 Å². The van der Waals surface area contributed by atoms with Crippen LogP contribution in [0.15, 0.2) is 77.7 Å². The van der Waals surface area contributed by atoms with Crippen LogP contribution in [-0.2, 0) is 21.4 Å². The molecule has 0 atom stereocenters. The Morgan fingerprint density at radius 3 is 2.44 bits per heavy atom. The van der Waals surface area contributed by atoms with Crippen LogP contribution in [0.5, 0.6) is 5.75 Å². The van der Waals surface area contributed by atoms with Crippen molar-refractivity contribution in [2.24, 2.45) is 0 Å². The third kappa shape index (κ3) is 5.73. The maximum atomic E-state index is 13.4. The number of anilines is 1. The summed E-state index contributed by atoms with van der Waals surface area (Å²) >= 11 is 12.4. The first-order chi connectivity index (χ1) is 15.3. The Hall–Kier alpha value is -2.74. The van der Waals surface area contributed by atoms with Crippen molar-refractivity contribution in [1.29, 1.82) is 0 Å². The molecule has 0 unspecified atom stereocenters. The summed E-state index contributed by atoms with van der Waals surface area (Å²) in [7, 11) is -4.08. The molecular formula is C23H22Cl2N2O4S. The zero-order chi connectivity index (χ0) is 23.1. The maximum absolute atomic E-state index is 13.4. The van der Waals surface area contributed by atoms with Crippen LogP contribution in [0.2, 0.25) is 10.0 Å². The molecule has 0 spiro atoms. The van der Waals surface area contributed by atoms with E-state index in [0.29, 0.717) is 12.4 Å². The molecule has 32 heavy (non-hydrogen) atoms. The van der Waals surface area contributed by atoms with Crippen molar-refractivity contribution in [2.45, 2.75) is 18.4 Å². The minimum Gasteiger partial charge on any atom is -0.494 e. The lowest BCUT2D eigenvalue weighted by atomic mass is 10.2. The Morgan fingerprint density at radius 2 is 1.72 bits per heavy atom. The lowest BCUT2D eigenvalue weighted by Gasteiger charge is -2.25. The molecule has 0 radical (unpaired) electrons. The van der Waals surface area contributed by atoms with Crippen LogP contribution < -0.4 is 14.4 Å². The molecule has 1 amide bonds. The second kappa shape index (κ2) is 10.7. The zero-order valence-electron chi connectivity index (χ0n) is 17.3. The number of hydrogen-bond donors (Lipinski definition) is 1. The average Bonchev–Trinajstić information content (AvgIpc) is 2.79. The van der Waals surface area contributed by atoms with Gasteiger partial charge in [-0.05, 0) is 48.9 Å². The van der Waals surface area contributed by atoms with Crippen LogP contribution in [0.25, 0.3) is 0 Å². The van der Waals surface area contributed by atoms with E-state index in [4.69, 9.17) is 27.9 Å². The van der Waals surface area contributed by atoms with Gasteiger partial charge in [0.25, 0.3) is 10.0 Å². The van der Waals surface area contributed by atoms with Crippen molar-refractivity contribution in [3.8, 4) is 5.75 Å². The van der Waals surface area contributed by atoms with E-state index in [9.17, 15) is 13.2 Å². The first-order valence-corrected chi connectivity index (χ1v) is 12.0. The summed E-state index contributed by atoms with van der Waals surface area (Å²) in [6.07, 6.45) is 0. The minimum atomic E-state index is -4.08. The molecular weight excluding hydrogens is 471 g/mol. The van der Waals surface area contributed by atoms with Gasteiger partial charge in [0, 0.05) is 6.54 Å². The Balaban J connectivity index is 1.85. The lowest BCUT2D eigenvalue weighted by molar-refractivity contribution is -0.119. The van der Waals surface area contributed by atoms with E-state index in [1.165, 1.54) is 18.2 Å². The molecule has 9 heteroatoms. The third-order valence-electron chi connectivity index (χ3n) is 4.52. The Kier molecular flexibility index (Phi) is 8.01. The highest BCUT2D eigenvalue weighted by atomic mass is 35.5. The third-order valence-corrected chi connectivity index (χ3v) is 7.10. The normalized spacial score (nSPS) is 11.1. The van der Waals surface area contributed by atoms with Gasteiger partial charge in [-0.1, -0.05) is 59.6 Å². The van der Waals surface area contributed by atoms with Crippen molar-refractivity contribution in [1.82, 2.24) is 5.32 Å². The molecule has 0 aromatic heterocycles. The second-order valence-corrected chi connectivity index (χ2v) is 9.40. The number of ether oxygens (including phenoxy) is 1. The van der Waals surface area contributed by atoms with Gasteiger partial charge in [-0.2, -0.15) is 0 Å². The van der Waals surface area contributed by atoms with Crippen LogP contribution in [0.1, 0.15) is 12.5 Å². The first-order valence-electron chi connectivity index (χ1n) is 9.83. The van der Waals surface area contributed by atoms with Crippen molar-refractivity contribution in [3.05, 3.63) is 88.4 Å². The molecule has 0 saturated heterocycles. The fourth-order valence-electron chi connectivity index (χ4n) is 3.00. The van der Waals surface area contributed by atoms with Gasteiger partial charge in [0.2, 0.25) is 5.91 Å². The summed E-state index contributed by atoms with van der Waals surface area (Å²) in [6.45, 7) is 2.16. The maximum Gasteiger partial charge on any atom is 0.264 e. The molecule has 0 aliphatic rings. The van der Waals surface area contributed by atoms with Gasteiger partial charge in [0.15, 0.2) is 0 Å². The van der Waals surface area contributed by atoms with Crippen LogP contribution >= 0.6 is 23.2 Å². The van der Waals surface area contributed by atoms with Gasteiger partial charge < -0.3 is 10.1 Å². The second-order valence-electron chi connectivity index (χ2n) is 6.75. The lowest BCUT2D eigenvalue weighted by Crippen LogP contribution is -2.40. The number of nitrogens with one attached hydrogen (secondary N) is 1. The van der Waals surface area contributed by atoms with E-state index in [2.05, 4.69) is 5.32 Å². The summed E-state index contributed by atoms with van der Waals surface area (Å²) < 4.78 is 33.1. The quantitative estimate of drug-likeness (QED) is 0.460. The van der Waals surface area contributed by atoms with Crippen molar-refractivity contribution in [2.75, 3.05) is 17.5 Å². The molecule has 6 nitrogen and oxygen atoms in total. The highest BCUT2D eigenvalue weighted by Crippen LogP contribution is 2.35. The first kappa shape index (κ1) is 23.9. The van der Waals surface area contributed by atoms with E-state index in [-0.39, 0.29) is 27.2 Å². The number of carbonyl (C=O) groups is 1. The number of amides is 1. The molecule has 0 bridgehead atoms. The van der Waals surface area contributed by atoms with Crippen LogP contribution in [0.3, 0.4) is 0 Å². The summed E-state index contributed by atoms with van der Waals surface area (Å²) in [5.74, 6) is 0.195. The molecule has 3 rings (SSSR count).